The van der Waals surface area contributed by atoms with Crippen molar-refractivity contribution in [3.8, 4) is 0 Å². The number of carbonyl (C=O) groups is 2. The second kappa shape index (κ2) is 7.14. The van der Waals surface area contributed by atoms with Crippen molar-refractivity contribution in [1.29, 1.82) is 0 Å². The normalized spacial score (nSPS) is 21.6. The molecule has 110 valence electrons. The fourth-order valence-electron chi connectivity index (χ4n) is 1.82. The molecular weight excluding hydrogens is 262 g/mol. The fraction of sp³-hybridized carbons (Fsp3) is 0.846. The molecule has 1 aliphatic heterocycles. The van der Waals surface area contributed by atoms with Crippen LogP contribution >= 0.6 is 11.8 Å². The number of hydrogen-bond acceptors (Lipinski definition) is 4. The highest BCUT2D eigenvalue weighted by molar-refractivity contribution is 7.99. The van der Waals surface area contributed by atoms with Gasteiger partial charge in [-0.05, 0) is 27.7 Å². The Morgan fingerprint density at radius 1 is 1.42 bits per heavy atom. The van der Waals surface area contributed by atoms with Crippen LogP contribution in [0, 0.1) is 0 Å². The van der Waals surface area contributed by atoms with Crippen molar-refractivity contribution in [3.05, 3.63) is 0 Å². The lowest BCUT2D eigenvalue weighted by molar-refractivity contribution is -0.129. The van der Waals surface area contributed by atoms with E-state index in [9.17, 15) is 9.59 Å². The molecule has 0 aromatic heterocycles. The van der Waals surface area contributed by atoms with E-state index < -0.39 is 6.04 Å². The molecule has 3 N–H and O–H groups in total. The van der Waals surface area contributed by atoms with Gasteiger partial charge in [0.2, 0.25) is 11.8 Å². The minimum atomic E-state index is -0.497. The fourth-order valence-corrected chi connectivity index (χ4v) is 2.77. The SMILES string of the molecule is CC(NC(=O)CC1CSCCN1)C(=O)NC(C)(C)C. The Morgan fingerprint density at radius 3 is 2.63 bits per heavy atom. The van der Waals surface area contributed by atoms with Crippen molar-refractivity contribution in [2.75, 3.05) is 18.1 Å². The van der Waals surface area contributed by atoms with Crippen molar-refractivity contribution in [3.63, 3.8) is 0 Å². The van der Waals surface area contributed by atoms with E-state index in [4.69, 9.17) is 0 Å². The number of thioether (sulfide) groups is 1. The van der Waals surface area contributed by atoms with Crippen LogP contribution in [0.5, 0.6) is 0 Å². The summed E-state index contributed by atoms with van der Waals surface area (Å²) in [5.74, 6) is 1.83. The Morgan fingerprint density at radius 2 is 2.11 bits per heavy atom. The third-order valence-corrected chi connectivity index (χ3v) is 3.83. The minimum Gasteiger partial charge on any atom is -0.350 e. The molecule has 2 atom stereocenters. The molecule has 5 nitrogen and oxygen atoms in total. The molecule has 2 amide bonds. The van der Waals surface area contributed by atoms with Gasteiger partial charge in [0.05, 0.1) is 0 Å². The topological polar surface area (TPSA) is 70.2 Å². The number of nitrogens with one attached hydrogen (secondary N) is 3. The summed E-state index contributed by atoms with van der Waals surface area (Å²) in [5, 5.41) is 8.91. The lowest BCUT2D eigenvalue weighted by Gasteiger charge is -2.25. The van der Waals surface area contributed by atoms with Gasteiger partial charge in [-0.15, -0.1) is 0 Å². The highest BCUT2D eigenvalue weighted by atomic mass is 32.2. The maximum Gasteiger partial charge on any atom is 0.242 e. The van der Waals surface area contributed by atoms with Gasteiger partial charge in [0.1, 0.15) is 6.04 Å². The van der Waals surface area contributed by atoms with Gasteiger partial charge in [-0.25, -0.2) is 0 Å². The molecule has 1 fully saturated rings. The van der Waals surface area contributed by atoms with Crippen LogP contribution in [0.15, 0.2) is 0 Å². The Balaban J connectivity index is 2.32. The highest BCUT2D eigenvalue weighted by Gasteiger charge is 2.22. The van der Waals surface area contributed by atoms with Gasteiger partial charge in [0, 0.05) is 36.1 Å². The average Bonchev–Trinajstić information content (AvgIpc) is 2.27. The van der Waals surface area contributed by atoms with Gasteiger partial charge < -0.3 is 16.0 Å². The zero-order chi connectivity index (χ0) is 14.5. The van der Waals surface area contributed by atoms with Gasteiger partial charge in [-0.1, -0.05) is 0 Å². The minimum absolute atomic E-state index is 0.0726. The predicted molar refractivity (Wildman–Crippen MR) is 79.2 cm³/mol. The Bertz CT molecular complexity index is 322. The van der Waals surface area contributed by atoms with Gasteiger partial charge in [-0.2, -0.15) is 11.8 Å². The van der Waals surface area contributed by atoms with Crippen LogP contribution in [0.2, 0.25) is 0 Å². The summed E-state index contributed by atoms with van der Waals surface area (Å²) in [7, 11) is 0. The zero-order valence-electron chi connectivity index (χ0n) is 12.2. The molecule has 0 radical (unpaired) electrons. The molecular formula is C13H25N3O2S. The first-order chi connectivity index (χ1) is 8.78. The van der Waals surface area contributed by atoms with E-state index in [1.807, 2.05) is 32.5 Å². The van der Waals surface area contributed by atoms with E-state index >= 15 is 0 Å². The summed E-state index contributed by atoms with van der Waals surface area (Å²) in [5.41, 5.74) is -0.280. The third kappa shape index (κ3) is 6.82. The Labute approximate surface area is 119 Å². The van der Waals surface area contributed by atoms with E-state index in [0.29, 0.717) is 6.42 Å². The van der Waals surface area contributed by atoms with E-state index in [0.717, 1.165) is 18.1 Å². The molecule has 1 saturated heterocycles. The van der Waals surface area contributed by atoms with Gasteiger partial charge in [-0.3, -0.25) is 9.59 Å². The van der Waals surface area contributed by atoms with Crippen LogP contribution in [0.1, 0.15) is 34.1 Å². The average molecular weight is 287 g/mol. The lowest BCUT2D eigenvalue weighted by Crippen LogP contribution is -2.51. The van der Waals surface area contributed by atoms with E-state index in [1.165, 1.54) is 0 Å². The number of hydrogen-bond donors (Lipinski definition) is 3. The second-order valence-electron chi connectivity index (χ2n) is 5.96. The van der Waals surface area contributed by atoms with Crippen LogP contribution in [0.4, 0.5) is 0 Å². The van der Waals surface area contributed by atoms with Crippen LogP contribution in [0.3, 0.4) is 0 Å². The zero-order valence-corrected chi connectivity index (χ0v) is 13.0. The van der Waals surface area contributed by atoms with Crippen molar-refractivity contribution in [2.24, 2.45) is 0 Å². The number of rotatable bonds is 4. The molecule has 1 aliphatic rings. The van der Waals surface area contributed by atoms with Crippen LogP contribution in [-0.4, -0.2) is 47.5 Å². The van der Waals surface area contributed by atoms with Crippen LogP contribution in [0.25, 0.3) is 0 Å². The summed E-state index contributed by atoms with van der Waals surface area (Å²) < 4.78 is 0. The first kappa shape index (κ1) is 16.3. The predicted octanol–water partition coefficient (Wildman–Crippen LogP) is 0.501. The number of amides is 2. The quantitative estimate of drug-likeness (QED) is 0.704. The van der Waals surface area contributed by atoms with Crippen molar-refractivity contribution < 1.29 is 9.59 Å². The first-order valence-corrected chi connectivity index (χ1v) is 7.86. The molecule has 0 spiro atoms. The highest BCUT2D eigenvalue weighted by Crippen LogP contribution is 2.10. The molecule has 1 rings (SSSR count). The first-order valence-electron chi connectivity index (χ1n) is 6.70. The van der Waals surface area contributed by atoms with Crippen molar-refractivity contribution >= 4 is 23.6 Å². The van der Waals surface area contributed by atoms with Crippen LogP contribution in [-0.2, 0) is 9.59 Å². The van der Waals surface area contributed by atoms with Gasteiger partial charge >= 0.3 is 0 Å². The summed E-state index contributed by atoms with van der Waals surface area (Å²) >= 11 is 1.86. The van der Waals surface area contributed by atoms with Crippen molar-refractivity contribution in [1.82, 2.24) is 16.0 Å². The van der Waals surface area contributed by atoms with Gasteiger partial charge in [0.25, 0.3) is 0 Å². The molecule has 2 unspecified atom stereocenters. The molecule has 0 aromatic carbocycles. The van der Waals surface area contributed by atoms with E-state index in [2.05, 4.69) is 16.0 Å². The molecule has 0 bridgehead atoms. The third-order valence-electron chi connectivity index (χ3n) is 2.70. The van der Waals surface area contributed by atoms with E-state index in [-0.39, 0.29) is 23.4 Å². The Kier molecular flexibility index (Phi) is 6.13. The second-order valence-corrected chi connectivity index (χ2v) is 7.11. The summed E-state index contributed by atoms with van der Waals surface area (Å²) in [6.07, 6.45) is 0.431. The van der Waals surface area contributed by atoms with Crippen LogP contribution < -0.4 is 16.0 Å². The summed E-state index contributed by atoms with van der Waals surface area (Å²) in [6, 6.07) is -0.278. The molecule has 6 heteroatoms. The Hall–Kier alpha value is -0.750. The maximum atomic E-state index is 11.9. The monoisotopic (exact) mass is 287 g/mol. The lowest BCUT2D eigenvalue weighted by atomic mass is 10.1. The largest absolute Gasteiger partial charge is 0.350 e. The molecule has 0 saturated carbocycles. The molecule has 1 heterocycles. The van der Waals surface area contributed by atoms with Crippen molar-refractivity contribution in [2.45, 2.75) is 51.7 Å². The van der Waals surface area contributed by atoms with Gasteiger partial charge in [0.15, 0.2) is 0 Å². The summed E-state index contributed by atoms with van der Waals surface area (Å²) in [6.45, 7) is 8.42. The summed E-state index contributed by atoms with van der Waals surface area (Å²) in [4.78, 5) is 23.7. The van der Waals surface area contributed by atoms with E-state index in [1.54, 1.807) is 6.92 Å². The smallest absolute Gasteiger partial charge is 0.242 e. The molecule has 0 aromatic rings. The number of carbonyl (C=O) groups excluding carboxylic acids is 2. The maximum absolute atomic E-state index is 11.9. The molecule has 19 heavy (non-hydrogen) atoms. The molecule has 0 aliphatic carbocycles. The standard InChI is InChI=1S/C13H25N3O2S/c1-9(12(18)16-13(2,3)4)15-11(17)7-10-8-19-6-5-14-10/h9-10,14H,5-8H2,1-4H3,(H,15,17)(H,16,18).